The highest BCUT2D eigenvalue weighted by atomic mass is 16.6. The summed E-state index contributed by atoms with van der Waals surface area (Å²) in [6, 6.07) is 15.7. The van der Waals surface area contributed by atoms with Crippen molar-refractivity contribution in [3.63, 3.8) is 0 Å². The quantitative estimate of drug-likeness (QED) is 0.722. The second-order valence-corrected chi connectivity index (χ2v) is 5.43. The molecule has 2 aromatic carbocycles. The fourth-order valence-electron chi connectivity index (χ4n) is 2.54. The van der Waals surface area contributed by atoms with Gasteiger partial charge in [0.05, 0.1) is 6.61 Å². The van der Waals surface area contributed by atoms with Crippen molar-refractivity contribution in [2.45, 2.75) is 20.5 Å². The molecular weight excluding hydrogens is 276 g/mol. The van der Waals surface area contributed by atoms with Crippen LogP contribution in [-0.4, -0.2) is 10.9 Å². The zero-order chi connectivity index (χ0) is 15.5. The number of aromatic nitrogens is 1. The van der Waals surface area contributed by atoms with Crippen LogP contribution in [0.1, 0.15) is 27.2 Å². The Morgan fingerprint density at radius 2 is 1.91 bits per heavy atom. The lowest BCUT2D eigenvalue weighted by Crippen LogP contribution is -2.23. The minimum atomic E-state index is -0.274. The Morgan fingerprint density at radius 1 is 1.14 bits per heavy atom. The van der Waals surface area contributed by atoms with Crippen molar-refractivity contribution in [1.82, 2.24) is 10.5 Å². The van der Waals surface area contributed by atoms with E-state index in [-0.39, 0.29) is 5.91 Å². The Labute approximate surface area is 129 Å². The van der Waals surface area contributed by atoms with Gasteiger partial charge in [0, 0.05) is 10.9 Å². The van der Waals surface area contributed by atoms with Gasteiger partial charge in [-0.1, -0.05) is 36.4 Å². The average molecular weight is 294 g/mol. The van der Waals surface area contributed by atoms with E-state index in [0.29, 0.717) is 12.3 Å². The van der Waals surface area contributed by atoms with E-state index < -0.39 is 0 Å². The lowest BCUT2D eigenvalue weighted by Gasteiger charge is -2.04. The van der Waals surface area contributed by atoms with Crippen molar-refractivity contribution in [3.05, 3.63) is 70.9 Å². The molecule has 0 saturated heterocycles. The number of nitrogens with one attached hydrogen (secondary N) is 2. The highest BCUT2D eigenvalue weighted by molar-refractivity contribution is 5.98. The van der Waals surface area contributed by atoms with Crippen molar-refractivity contribution in [2.75, 3.05) is 0 Å². The maximum absolute atomic E-state index is 12.1. The SMILES string of the molecule is Cc1cc(C)c2cc(C(=O)NOCc3ccccc3)[nH]c2c1. The first-order valence-corrected chi connectivity index (χ1v) is 7.19. The van der Waals surface area contributed by atoms with Crippen LogP contribution in [0, 0.1) is 13.8 Å². The Kier molecular flexibility index (Phi) is 3.94. The summed E-state index contributed by atoms with van der Waals surface area (Å²) < 4.78 is 0. The molecule has 0 fully saturated rings. The lowest BCUT2D eigenvalue weighted by molar-refractivity contribution is 0.0230. The normalized spacial score (nSPS) is 10.8. The number of aryl methyl sites for hydroxylation is 2. The predicted molar refractivity (Wildman–Crippen MR) is 86.5 cm³/mol. The number of hydrogen-bond donors (Lipinski definition) is 2. The number of aromatic amines is 1. The number of carbonyl (C=O) groups excluding carboxylic acids is 1. The lowest BCUT2D eigenvalue weighted by atomic mass is 10.1. The molecule has 4 heteroatoms. The van der Waals surface area contributed by atoms with Gasteiger partial charge in [0.1, 0.15) is 5.69 Å². The van der Waals surface area contributed by atoms with Crippen molar-refractivity contribution in [3.8, 4) is 0 Å². The number of hydrogen-bond acceptors (Lipinski definition) is 2. The summed E-state index contributed by atoms with van der Waals surface area (Å²) in [7, 11) is 0. The predicted octanol–water partition coefficient (Wildman–Crippen LogP) is 3.65. The topological polar surface area (TPSA) is 54.1 Å². The Morgan fingerprint density at radius 3 is 2.68 bits per heavy atom. The molecule has 0 aliphatic rings. The second-order valence-electron chi connectivity index (χ2n) is 5.43. The van der Waals surface area contributed by atoms with Crippen LogP contribution in [0.3, 0.4) is 0 Å². The molecular formula is C18H18N2O2. The van der Waals surface area contributed by atoms with Gasteiger partial charge in [0.2, 0.25) is 0 Å². The molecule has 0 saturated carbocycles. The van der Waals surface area contributed by atoms with Gasteiger partial charge in [-0.3, -0.25) is 9.63 Å². The maximum Gasteiger partial charge on any atom is 0.291 e. The zero-order valence-electron chi connectivity index (χ0n) is 12.6. The fourth-order valence-corrected chi connectivity index (χ4v) is 2.54. The molecule has 4 nitrogen and oxygen atoms in total. The summed E-state index contributed by atoms with van der Waals surface area (Å²) in [4.78, 5) is 20.5. The molecule has 0 bridgehead atoms. The average Bonchev–Trinajstić information content (AvgIpc) is 2.92. The van der Waals surface area contributed by atoms with Crippen LogP contribution in [0.4, 0.5) is 0 Å². The third-order valence-electron chi connectivity index (χ3n) is 3.58. The van der Waals surface area contributed by atoms with Gasteiger partial charge < -0.3 is 4.98 Å². The first-order valence-electron chi connectivity index (χ1n) is 7.19. The molecule has 3 aromatic rings. The second kappa shape index (κ2) is 6.03. The van der Waals surface area contributed by atoms with E-state index in [1.165, 1.54) is 5.56 Å². The number of fused-ring (bicyclic) bond motifs is 1. The standard InChI is InChI=1S/C18H18N2O2/c1-12-8-13(2)15-10-17(19-16(15)9-12)18(21)20-22-11-14-6-4-3-5-7-14/h3-10,19H,11H2,1-2H3,(H,20,21). The van der Waals surface area contributed by atoms with E-state index in [1.54, 1.807) is 0 Å². The van der Waals surface area contributed by atoms with E-state index in [9.17, 15) is 4.79 Å². The van der Waals surface area contributed by atoms with Gasteiger partial charge in [-0.2, -0.15) is 0 Å². The molecule has 112 valence electrons. The van der Waals surface area contributed by atoms with E-state index >= 15 is 0 Å². The van der Waals surface area contributed by atoms with Crippen LogP contribution in [0.25, 0.3) is 10.9 Å². The van der Waals surface area contributed by atoms with Gasteiger partial charge in [-0.05, 0) is 42.7 Å². The van der Waals surface area contributed by atoms with Crippen molar-refractivity contribution < 1.29 is 9.63 Å². The van der Waals surface area contributed by atoms with Crippen molar-refractivity contribution in [2.24, 2.45) is 0 Å². The van der Waals surface area contributed by atoms with E-state index in [4.69, 9.17) is 4.84 Å². The molecule has 1 heterocycles. The molecule has 1 aromatic heterocycles. The Balaban J connectivity index is 1.69. The summed E-state index contributed by atoms with van der Waals surface area (Å²) in [6.45, 7) is 4.41. The van der Waals surface area contributed by atoms with Gasteiger partial charge in [0.25, 0.3) is 5.91 Å². The summed E-state index contributed by atoms with van der Waals surface area (Å²) >= 11 is 0. The summed E-state index contributed by atoms with van der Waals surface area (Å²) in [6.07, 6.45) is 0. The fraction of sp³-hybridized carbons (Fsp3) is 0.167. The van der Waals surface area contributed by atoms with E-state index in [2.05, 4.69) is 16.5 Å². The molecule has 0 spiro atoms. The summed E-state index contributed by atoms with van der Waals surface area (Å²) in [5.74, 6) is -0.274. The van der Waals surface area contributed by atoms with E-state index in [0.717, 1.165) is 22.0 Å². The highest BCUT2D eigenvalue weighted by Crippen LogP contribution is 2.21. The number of carbonyl (C=O) groups is 1. The molecule has 0 radical (unpaired) electrons. The largest absolute Gasteiger partial charge is 0.350 e. The van der Waals surface area contributed by atoms with Crippen molar-refractivity contribution in [1.29, 1.82) is 0 Å². The van der Waals surface area contributed by atoms with Gasteiger partial charge in [-0.15, -0.1) is 0 Å². The molecule has 0 aliphatic heterocycles. The van der Waals surface area contributed by atoms with Crippen molar-refractivity contribution >= 4 is 16.8 Å². The third kappa shape index (κ3) is 3.02. The van der Waals surface area contributed by atoms with E-state index in [1.807, 2.05) is 56.3 Å². The van der Waals surface area contributed by atoms with Crippen LogP contribution >= 0.6 is 0 Å². The number of rotatable bonds is 4. The van der Waals surface area contributed by atoms with Crippen LogP contribution in [-0.2, 0) is 11.4 Å². The Bertz CT molecular complexity index is 807. The number of H-pyrrole nitrogens is 1. The third-order valence-corrected chi connectivity index (χ3v) is 3.58. The Hall–Kier alpha value is -2.59. The monoisotopic (exact) mass is 294 g/mol. The first kappa shape index (κ1) is 14.4. The maximum atomic E-state index is 12.1. The van der Waals surface area contributed by atoms with Crippen LogP contribution < -0.4 is 5.48 Å². The smallest absolute Gasteiger partial charge is 0.291 e. The summed E-state index contributed by atoms with van der Waals surface area (Å²) in [5.41, 5.74) is 7.25. The molecule has 1 amide bonds. The van der Waals surface area contributed by atoms with Gasteiger partial charge in [0.15, 0.2) is 0 Å². The zero-order valence-corrected chi connectivity index (χ0v) is 12.6. The summed E-state index contributed by atoms with van der Waals surface area (Å²) in [5, 5.41) is 1.05. The highest BCUT2D eigenvalue weighted by Gasteiger charge is 2.11. The minimum Gasteiger partial charge on any atom is -0.350 e. The molecule has 3 rings (SSSR count). The minimum absolute atomic E-state index is 0.274. The number of benzene rings is 2. The van der Waals surface area contributed by atoms with Crippen LogP contribution in [0.15, 0.2) is 48.5 Å². The van der Waals surface area contributed by atoms with Gasteiger partial charge >= 0.3 is 0 Å². The molecule has 22 heavy (non-hydrogen) atoms. The van der Waals surface area contributed by atoms with Crippen LogP contribution in [0.2, 0.25) is 0 Å². The number of amides is 1. The molecule has 0 aliphatic carbocycles. The van der Waals surface area contributed by atoms with Gasteiger partial charge in [-0.25, -0.2) is 5.48 Å². The first-order chi connectivity index (χ1) is 10.6. The molecule has 0 atom stereocenters. The molecule has 0 unspecified atom stereocenters. The number of hydroxylamine groups is 1. The molecule has 2 N–H and O–H groups in total. The van der Waals surface area contributed by atoms with Crippen LogP contribution in [0.5, 0.6) is 0 Å².